The van der Waals surface area contributed by atoms with Crippen molar-refractivity contribution >= 4 is 11.9 Å². The molecule has 29 heavy (non-hydrogen) atoms. The molecular formula is C22H43NO6. The number of aliphatic carboxylic acids is 1. The maximum absolute atomic E-state index is 11.6. The lowest BCUT2D eigenvalue weighted by molar-refractivity contribution is -0.139. The van der Waals surface area contributed by atoms with Crippen molar-refractivity contribution in [3.8, 4) is 0 Å². The Bertz CT molecular complexity index is 418. The highest BCUT2D eigenvalue weighted by molar-refractivity contribution is 5.80. The van der Waals surface area contributed by atoms with E-state index in [-0.39, 0.29) is 12.8 Å². The Morgan fingerprint density at radius 1 is 0.793 bits per heavy atom. The molecule has 0 aliphatic heterocycles. The van der Waals surface area contributed by atoms with Gasteiger partial charge >= 0.3 is 5.97 Å². The van der Waals surface area contributed by atoms with Gasteiger partial charge in [-0.2, -0.15) is 0 Å². The molecule has 0 saturated heterocycles. The van der Waals surface area contributed by atoms with Crippen molar-refractivity contribution in [1.29, 1.82) is 0 Å². The number of carbonyl (C=O) groups is 2. The summed E-state index contributed by atoms with van der Waals surface area (Å²) in [4.78, 5) is 22.1. The molecule has 0 radical (unpaired) electrons. The van der Waals surface area contributed by atoms with Crippen molar-refractivity contribution in [2.75, 3.05) is 6.61 Å². The van der Waals surface area contributed by atoms with Crippen LogP contribution in [0.1, 0.15) is 103 Å². The lowest BCUT2D eigenvalue weighted by atomic mass is 9.99. The van der Waals surface area contributed by atoms with Gasteiger partial charge in [0.05, 0.1) is 25.2 Å². The molecule has 3 atom stereocenters. The molecule has 0 aromatic carbocycles. The molecule has 7 heteroatoms. The van der Waals surface area contributed by atoms with Gasteiger partial charge in [-0.25, -0.2) is 0 Å². The SMILES string of the molecule is CCCCCCCCCCCCCCC(O)C(O)C(CO)NC(=O)CCC(=O)O. The summed E-state index contributed by atoms with van der Waals surface area (Å²) in [5.74, 6) is -1.66. The molecule has 0 spiro atoms. The standard InChI is InChI=1S/C22H43NO6/c1-2-3-4-5-6-7-8-9-10-11-12-13-14-19(25)22(29)18(17-24)23-20(26)15-16-21(27)28/h18-19,22,24-25,29H,2-17H2,1H3,(H,23,26)(H,27,28). The fourth-order valence-corrected chi connectivity index (χ4v) is 3.37. The van der Waals surface area contributed by atoms with Crippen LogP contribution >= 0.6 is 0 Å². The number of carboxylic acid groups (broad SMARTS) is 1. The Hall–Kier alpha value is -1.18. The van der Waals surface area contributed by atoms with Crippen LogP contribution in [0, 0.1) is 0 Å². The number of unbranched alkanes of at least 4 members (excludes halogenated alkanes) is 11. The van der Waals surface area contributed by atoms with E-state index in [2.05, 4.69) is 12.2 Å². The maximum atomic E-state index is 11.6. The lowest BCUT2D eigenvalue weighted by Gasteiger charge is -2.26. The molecule has 7 nitrogen and oxygen atoms in total. The summed E-state index contributed by atoms with van der Waals surface area (Å²) in [6, 6.07) is -0.997. The quantitative estimate of drug-likeness (QED) is 0.194. The molecule has 0 aromatic heterocycles. The predicted molar refractivity (Wildman–Crippen MR) is 114 cm³/mol. The molecule has 0 aromatic rings. The van der Waals surface area contributed by atoms with E-state index in [4.69, 9.17) is 5.11 Å². The summed E-state index contributed by atoms with van der Waals surface area (Å²) in [6.45, 7) is 1.71. The number of amides is 1. The first-order valence-corrected chi connectivity index (χ1v) is 11.4. The van der Waals surface area contributed by atoms with Gasteiger partial charge in [-0.05, 0) is 6.42 Å². The van der Waals surface area contributed by atoms with Crippen molar-refractivity contribution in [2.24, 2.45) is 0 Å². The minimum Gasteiger partial charge on any atom is -0.481 e. The lowest BCUT2D eigenvalue weighted by Crippen LogP contribution is -2.50. The topological polar surface area (TPSA) is 127 Å². The zero-order chi connectivity index (χ0) is 21.9. The van der Waals surface area contributed by atoms with E-state index in [1.54, 1.807) is 0 Å². The molecule has 0 saturated carbocycles. The number of aliphatic hydroxyl groups excluding tert-OH is 3. The van der Waals surface area contributed by atoms with Crippen LogP contribution in [0.3, 0.4) is 0 Å². The van der Waals surface area contributed by atoms with Crippen LogP contribution in [0.4, 0.5) is 0 Å². The van der Waals surface area contributed by atoms with Crippen LogP contribution in [-0.4, -0.2) is 57.2 Å². The largest absolute Gasteiger partial charge is 0.481 e. The van der Waals surface area contributed by atoms with Crippen LogP contribution in [-0.2, 0) is 9.59 Å². The van der Waals surface area contributed by atoms with E-state index in [9.17, 15) is 24.9 Å². The van der Waals surface area contributed by atoms with Crippen molar-refractivity contribution in [3.05, 3.63) is 0 Å². The highest BCUT2D eigenvalue weighted by Crippen LogP contribution is 2.14. The second-order valence-corrected chi connectivity index (χ2v) is 7.99. The zero-order valence-electron chi connectivity index (χ0n) is 18.2. The summed E-state index contributed by atoms with van der Waals surface area (Å²) < 4.78 is 0. The van der Waals surface area contributed by atoms with Gasteiger partial charge in [0, 0.05) is 6.42 Å². The van der Waals surface area contributed by atoms with E-state index < -0.39 is 36.7 Å². The highest BCUT2D eigenvalue weighted by atomic mass is 16.4. The molecule has 3 unspecified atom stereocenters. The Labute approximate surface area is 175 Å². The van der Waals surface area contributed by atoms with Crippen molar-refractivity contribution in [2.45, 2.75) is 121 Å². The average Bonchev–Trinajstić information content (AvgIpc) is 2.70. The summed E-state index contributed by atoms with van der Waals surface area (Å²) in [7, 11) is 0. The first-order valence-electron chi connectivity index (χ1n) is 11.4. The third-order valence-corrected chi connectivity index (χ3v) is 5.27. The molecule has 1 amide bonds. The molecule has 0 aliphatic carbocycles. The highest BCUT2D eigenvalue weighted by Gasteiger charge is 2.27. The van der Waals surface area contributed by atoms with Gasteiger partial charge in [-0.1, -0.05) is 84.0 Å². The van der Waals surface area contributed by atoms with Gasteiger partial charge in [-0.15, -0.1) is 0 Å². The van der Waals surface area contributed by atoms with Gasteiger partial charge in [-0.3, -0.25) is 9.59 Å². The predicted octanol–water partition coefficient (Wildman–Crippen LogP) is 3.14. The van der Waals surface area contributed by atoms with Crippen LogP contribution in [0.2, 0.25) is 0 Å². The van der Waals surface area contributed by atoms with Gasteiger partial charge < -0.3 is 25.7 Å². The molecule has 0 bridgehead atoms. The van der Waals surface area contributed by atoms with Crippen LogP contribution < -0.4 is 5.32 Å². The molecular weight excluding hydrogens is 374 g/mol. The first kappa shape index (κ1) is 27.8. The maximum Gasteiger partial charge on any atom is 0.303 e. The monoisotopic (exact) mass is 417 g/mol. The van der Waals surface area contributed by atoms with E-state index in [0.717, 1.165) is 19.3 Å². The Kier molecular flexibility index (Phi) is 18.1. The smallest absolute Gasteiger partial charge is 0.303 e. The third kappa shape index (κ3) is 16.3. The summed E-state index contributed by atoms with van der Waals surface area (Å²) in [5.41, 5.74) is 0. The molecule has 0 rings (SSSR count). The molecule has 0 aliphatic rings. The van der Waals surface area contributed by atoms with Crippen LogP contribution in [0.15, 0.2) is 0 Å². The minimum atomic E-state index is -1.28. The van der Waals surface area contributed by atoms with E-state index >= 15 is 0 Å². The van der Waals surface area contributed by atoms with Gasteiger partial charge in [0.25, 0.3) is 0 Å². The van der Waals surface area contributed by atoms with E-state index in [0.29, 0.717) is 6.42 Å². The summed E-state index contributed by atoms with van der Waals surface area (Å²) in [6.07, 6.45) is 12.1. The van der Waals surface area contributed by atoms with Crippen molar-refractivity contribution in [1.82, 2.24) is 5.32 Å². The second-order valence-electron chi connectivity index (χ2n) is 7.99. The van der Waals surface area contributed by atoms with Gasteiger partial charge in [0.15, 0.2) is 0 Å². The minimum absolute atomic E-state index is 0.229. The fourth-order valence-electron chi connectivity index (χ4n) is 3.37. The second kappa shape index (κ2) is 18.8. The molecule has 0 fully saturated rings. The number of hydrogen-bond donors (Lipinski definition) is 5. The van der Waals surface area contributed by atoms with Gasteiger partial charge in [0.2, 0.25) is 5.91 Å². The summed E-state index contributed by atoms with van der Waals surface area (Å²) in [5, 5.41) is 40.5. The molecule has 172 valence electrons. The van der Waals surface area contributed by atoms with Gasteiger partial charge in [0.1, 0.15) is 6.10 Å². The fraction of sp³-hybridized carbons (Fsp3) is 0.909. The third-order valence-electron chi connectivity index (χ3n) is 5.27. The molecule has 5 N–H and O–H groups in total. The van der Waals surface area contributed by atoms with Crippen LogP contribution in [0.25, 0.3) is 0 Å². The first-order chi connectivity index (χ1) is 13.9. The number of hydrogen-bond acceptors (Lipinski definition) is 5. The van der Waals surface area contributed by atoms with Crippen LogP contribution in [0.5, 0.6) is 0 Å². The number of carboxylic acids is 1. The summed E-state index contributed by atoms with van der Waals surface area (Å²) >= 11 is 0. The average molecular weight is 418 g/mol. The number of carbonyl (C=O) groups excluding carboxylic acids is 1. The number of rotatable bonds is 20. The normalized spacial score (nSPS) is 14.3. The van der Waals surface area contributed by atoms with Crippen molar-refractivity contribution < 1.29 is 30.0 Å². The number of aliphatic hydroxyl groups is 3. The Balaban J connectivity index is 3.76. The van der Waals surface area contributed by atoms with E-state index in [1.807, 2.05) is 0 Å². The zero-order valence-corrected chi connectivity index (χ0v) is 18.2. The number of nitrogens with one attached hydrogen (secondary N) is 1. The van der Waals surface area contributed by atoms with Crippen molar-refractivity contribution in [3.63, 3.8) is 0 Å². The Morgan fingerprint density at radius 3 is 1.72 bits per heavy atom. The Morgan fingerprint density at radius 2 is 1.28 bits per heavy atom. The van der Waals surface area contributed by atoms with E-state index in [1.165, 1.54) is 57.8 Å². The molecule has 0 heterocycles.